The number of benzene rings is 3. The molecule has 0 aliphatic carbocycles. The molecule has 2 aliphatic rings. The van der Waals surface area contributed by atoms with Crippen molar-refractivity contribution in [3.8, 4) is 33.6 Å². The average molecular weight is 821 g/mol. The second-order valence-corrected chi connectivity index (χ2v) is 15.7. The number of H-pyrrole nitrogens is 2. The summed E-state index contributed by atoms with van der Waals surface area (Å²) in [6.07, 6.45) is 2.36. The number of methoxy groups -OCH3 is 2. The van der Waals surface area contributed by atoms with Crippen LogP contribution in [0.2, 0.25) is 0 Å². The number of morpholine rings is 2. The van der Waals surface area contributed by atoms with Crippen LogP contribution in [0.25, 0.3) is 44.4 Å². The second-order valence-electron chi connectivity index (χ2n) is 15.7. The molecule has 2 fully saturated rings. The van der Waals surface area contributed by atoms with Gasteiger partial charge in [0.05, 0.1) is 52.0 Å². The molecular formula is C44H52N8O8. The largest absolute Gasteiger partial charge is 0.453 e. The van der Waals surface area contributed by atoms with E-state index in [0.29, 0.717) is 38.0 Å². The Balaban J connectivity index is 1.04. The van der Waals surface area contributed by atoms with Crippen LogP contribution < -0.4 is 10.6 Å². The van der Waals surface area contributed by atoms with Crippen LogP contribution in [-0.4, -0.2) is 120 Å². The zero-order chi connectivity index (χ0) is 42.5. The number of aromatic amines is 2. The van der Waals surface area contributed by atoms with Crippen LogP contribution in [0, 0.1) is 11.8 Å². The van der Waals surface area contributed by atoms with E-state index >= 15 is 0 Å². The molecule has 5 aromatic rings. The van der Waals surface area contributed by atoms with Crippen LogP contribution in [0.4, 0.5) is 9.59 Å². The van der Waals surface area contributed by atoms with Gasteiger partial charge in [0.25, 0.3) is 0 Å². The van der Waals surface area contributed by atoms with E-state index in [1.54, 1.807) is 9.80 Å². The number of hydrogen-bond acceptors (Lipinski definition) is 10. The topological polar surface area (TPSA) is 193 Å². The van der Waals surface area contributed by atoms with Crippen molar-refractivity contribution < 1.29 is 38.1 Å². The molecule has 16 heteroatoms. The molecule has 2 aliphatic heterocycles. The Kier molecular flexibility index (Phi) is 12.8. The maximum absolute atomic E-state index is 13.7. The zero-order valence-electron chi connectivity index (χ0n) is 34.7. The summed E-state index contributed by atoms with van der Waals surface area (Å²) in [4.78, 5) is 71.1. The number of rotatable bonds is 11. The van der Waals surface area contributed by atoms with Gasteiger partial charge in [-0.05, 0) is 45.9 Å². The molecule has 0 unspecified atom stereocenters. The molecule has 4 heterocycles. The highest BCUT2D eigenvalue weighted by Gasteiger charge is 2.38. The predicted molar refractivity (Wildman–Crippen MR) is 223 cm³/mol. The number of carbonyl (C=O) groups is 4. The molecule has 0 spiro atoms. The van der Waals surface area contributed by atoms with Crippen LogP contribution in [0.5, 0.6) is 0 Å². The van der Waals surface area contributed by atoms with Crippen LogP contribution >= 0.6 is 0 Å². The van der Waals surface area contributed by atoms with Gasteiger partial charge in [-0.15, -0.1) is 0 Å². The lowest BCUT2D eigenvalue weighted by atomic mass is 9.98. The van der Waals surface area contributed by atoms with Gasteiger partial charge in [-0.25, -0.2) is 19.6 Å². The quantitative estimate of drug-likeness (QED) is 0.126. The average Bonchev–Trinajstić information content (AvgIpc) is 3.98. The minimum absolute atomic E-state index is 0.152. The van der Waals surface area contributed by atoms with Crippen molar-refractivity contribution in [2.24, 2.45) is 11.8 Å². The first-order chi connectivity index (χ1) is 28.9. The van der Waals surface area contributed by atoms with Crippen molar-refractivity contribution in [3.05, 3.63) is 84.7 Å². The van der Waals surface area contributed by atoms with Gasteiger partial charge in [0.1, 0.15) is 35.8 Å². The third-order valence-corrected chi connectivity index (χ3v) is 11.1. The monoisotopic (exact) mass is 820 g/mol. The van der Waals surface area contributed by atoms with Gasteiger partial charge in [0.15, 0.2) is 0 Å². The van der Waals surface area contributed by atoms with Crippen molar-refractivity contribution in [3.63, 3.8) is 0 Å². The molecule has 16 nitrogen and oxygen atoms in total. The highest BCUT2D eigenvalue weighted by molar-refractivity contribution is 5.91. The van der Waals surface area contributed by atoms with Gasteiger partial charge in [-0.3, -0.25) is 9.59 Å². The first kappa shape index (κ1) is 41.9. The van der Waals surface area contributed by atoms with Crippen molar-refractivity contribution >= 4 is 34.8 Å². The SMILES string of the molecule is COC(=O)N[C@H](C(=O)N1CCOC[C@H]1c1nc(-c2ccc(-c3ccc4cc(-c5c[nH]c([C@@H]6COCCN6C(=O)[C@@H](NC(=O)OC)C(C)C)n5)ccc4c3)cc2)c[nH]1)C(C)C. The Morgan fingerprint density at radius 2 is 1.05 bits per heavy atom. The summed E-state index contributed by atoms with van der Waals surface area (Å²) < 4.78 is 21.1. The third kappa shape index (κ3) is 8.99. The van der Waals surface area contributed by atoms with Crippen molar-refractivity contribution in [1.29, 1.82) is 0 Å². The molecule has 60 heavy (non-hydrogen) atoms. The summed E-state index contributed by atoms with van der Waals surface area (Å²) in [5, 5.41) is 7.47. The molecule has 4 atom stereocenters. The van der Waals surface area contributed by atoms with Crippen LogP contribution in [0.3, 0.4) is 0 Å². The van der Waals surface area contributed by atoms with E-state index in [9.17, 15) is 19.2 Å². The molecule has 7 rings (SSSR count). The summed E-state index contributed by atoms with van der Waals surface area (Å²) in [5.74, 6) is 0.474. The maximum atomic E-state index is 13.7. The maximum Gasteiger partial charge on any atom is 0.407 e. The number of nitrogens with one attached hydrogen (secondary N) is 4. The Bertz CT molecular complexity index is 2320. The predicted octanol–water partition coefficient (Wildman–Crippen LogP) is 5.85. The molecule has 3 aromatic carbocycles. The number of alkyl carbamates (subject to hydrolysis) is 2. The minimum atomic E-state index is -0.752. The number of amides is 4. The molecule has 0 saturated carbocycles. The van der Waals surface area contributed by atoms with Gasteiger partial charge in [0.2, 0.25) is 11.8 Å². The molecule has 0 radical (unpaired) electrons. The van der Waals surface area contributed by atoms with Crippen molar-refractivity contribution in [1.82, 2.24) is 40.4 Å². The Morgan fingerprint density at radius 1 is 0.633 bits per heavy atom. The molecule has 0 bridgehead atoms. The summed E-state index contributed by atoms with van der Waals surface area (Å²) in [7, 11) is 2.55. The first-order valence-corrected chi connectivity index (χ1v) is 20.2. The lowest BCUT2D eigenvalue weighted by Crippen LogP contribution is -2.54. The fourth-order valence-electron chi connectivity index (χ4n) is 7.67. The Hall–Kier alpha value is -6.26. The summed E-state index contributed by atoms with van der Waals surface area (Å²) in [6, 6.07) is 18.3. The standard InChI is InChI=1S/C44H52N8O8/c1-25(2)37(49-43(55)57-5)41(53)51-15-17-59-23-35(51)39-45-21-33(47-39)28-9-7-27(8-10-28)29-11-12-31-20-32(14-13-30(31)19-29)34-22-46-40(48-34)36-24-60-18-16-52(36)42(54)38(26(3)4)50-44(56)58-6/h7-14,19-22,25-26,35-38H,15-18,23-24H2,1-6H3,(H,45,47)(H,46,48)(H,49,55)(H,50,56)/t35-,36-,37-,38-/m0/s1. The zero-order valence-corrected chi connectivity index (χ0v) is 34.7. The summed E-state index contributed by atoms with van der Waals surface area (Å²) in [6.45, 7) is 9.59. The number of hydrogen-bond donors (Lipinski definition) is 4. The van der Waals surface area contributed by atoms with Crippen LogP contribution in [0.1, 0.15) is 51.4 Å². The number of nitrogens with zero attached hydrogens (tertiary/aromatic N) is 4. The highest BCUT2D eigenvalue weighted by atomic mass is 16.5. The van der Waals surface area contributed by atoms with E-state index in [2.05, 4.69) is 63.1 Å². The highest BCUT2D eigenvalue weighted by Crippen LogP contribution is 2.32. The molecule has 4 N–H and O–H groups in total. The third-order valence-electron chi connectivity index (χ3n) is 11.1. The number of aromatic nitrogens is 4. The summed E-state index contributed by atoms with van der Waals surface area (Å²) >= 11 is 0. The molecule has 2 aromatic heterocycles. The number of carbonyl (C=O) groups excluding carboxylic acids is 4. The normalized spacial score (nSPS) is 18.0. The van der Waals surface area contributed by atoms with Crippen molar-refractivity contribution in [2.75, 3.05) is 53.7 Å². The van der Waals surface area contributed by atoms with E-state index in [-0.39, 0.29) is 36.9 Å². The minimum Gasteiger partial charge on any atom is -0.453 e. The van der Waals surface area contributed by atoms with Crippen LogP contribution in [0.15, 0.2) is 73.1 Å². The van der Waals surface area contributed by atoms with E-state index < -0.39 is 36.4 Å². The number of imidazole rings is 2. The van der Waals surface area contributed by atoms with Gasteiger partial charge in [0, 0.05) is 36.6 Å². The molecule has 4 amide bonds. The number of fused-ring (bicyclic) bond motifs is 1. The van der Waals surface area contributed by atoms with Gasteiger partial charge < -0.3 is 49.3 Å². The smallest absolute Gasteiger partial charge is 0.407 e. The van der Waals surface area contributed by atoms with Gasteiger partial charge >= 0.3 is 12.2 Å². The fraction of sp³-hybridized carbons (Fsp3) is 0.409. The molecule has 316 valence electrons. The van der Waals surface area contributed by atoms with Gasteiger partial charge in [-0.1, -0.05) is 76.2 Å². The van der Waals surface area contributed by atoms with E-state index in [0.717, 1.165) is 44.4 Å². The van der Waals surface area contributed by atoms with Crippen molar-refractivity contribution in [2.45, 2.75) is 51.9 Å². The Morgan fingerprint density at radius 3 is 1.52 bits per heavy atom. The first-order valence-electron chi connectivity index (χ1n) is 20.2. The van der Waals surface area contributed by atoms with E-state index in [1.165, 1.54) is 14.2 Å². The van der Waals surface area contributed by atoms with E-state index in [4.69, 9.17) is 28.9 Å². The number of ether oxygens (including phenoxy) is 4. The van der Waals surface area contributed by atoms with E-state index in [1.807, 2.05) is 58.3 Å². The van der Waals surface area contributed by atoms with Gasteiger partial charge in [-0.2, -0.15) is 0 Å². The molecular weight excluding hydrogens is 769 g/mol. The fourth-order valence-corrected chi connectivity index (χ4v) is 7.67. The Labute approximate surface area is 348 Å². The van der Waals surface area contributed by atoms with Crippen LogP contribution in [-0.2, 0) is 28.5 Å². The summed E-state index contributed by atoms with van der Waals surface area (Å²) in [5.41, 5.74) is 5.42. The second kappa shape index (κ2) is 18.3. The molecule has 2 saturated heterocycles. The lowest BCUT2D eigenvalue weighted by molar-refractivity contribution is -0.144. The lowest BCUT2D eigenvalue weighted by Gasteiger charge is -2.37.